The highest BCUT2D eigenvalue weighted by atomic mass is 15.0. The van der Waals surface area contributed by atoms with Crippen molar-refractivity contribution in [2.24, 2.45) is 0 Å². The fourth-order valence-electron chi connectivity index (χ4n) is 2.00. The maximum absolute atomic E-state index is 4.59. The molecule has 0 spiro atoms. The van der Waals surface area contributed by atoms with E-state index in [1.54, 1.807) is 0 Å². The number of aromatic nitrogens is 2. The summed E-state index contributed by atoms with van der Waals surface area (Å²) in [6, 6.07) is 6.36. The number of imidazole rings is 1. The quantitative estimate of drug-likeness (QED) is 0.826. The number of pyridine rings is 1. The van der Waals surface area contributed by atoms with Gasteiger partial charge in [-0.15, -0.1) is 0 Å². The van der Waals surface area contributed by atoms with Crippen LogP contribution in [0, 0.1) is 6.92 Å². The number of hydrogen-bond donors (Lipinski definition) is 1. The Bertz CT molecular complexity index is 471. The molecule has 2 rings (SSSR count). The third-order valence-electron chi connectivity index (χ3n) is 2.67. The van der Waals surface area contributed by atoms with E-state index in [4.69, 9.17) is 0 Å². The first-order chi connectivity index (χ1) is 7.27. The number of fused-ring (bicyclic) bond motifs is 1. The van der Waals surface area contributed by atoms with Crippen molar-refractivity contribution in [3.05, 3.63) is 35.4 Å². The van der Waals surface area contributed by atoms with Crippen molar-refractivity contribution in [3.63, 3.8) is 0 Å². The van der Waals surface area contributed by atoms with Crippen LogP contribution < -0.4 is 5.32 Å². The Morgan fingerprint density at radius 1 is 1.40 bits per heavy atom. The average Bonchev–Trinajstić information content (AvgIpc) is 2.58. The summed E-state index contributed by atoms with van der Waals surface area (Å²) in [4.78, 5) is 4.59. The van der Waals surface area contributed by atoms with Gasteiger partial charge in [0.1, 0.15) is 5.82 Å². The summed E-state index contributed by atoms with van der Waals surface area (Å²) in [5.41, 5.74) is 3.61. The molecule has 0 bridgehead atoms. The van der Waals surface area contributed by atoms with Crippen molar-refractivity contribution in [2.75, 3.05) is 7.05 Å². The molecule has 2 heterocycles. The second-order valence-corrected chi connectivity index (χ2v) is 3.74. The van der Waals surface area contributed by atoms with Crippen molar-refractivity contribution in [1.82, 2.24) is 14.7 Å². The maximum Gasteiger partial charge on any atom is 0.113 e. The molecule has 0 atom stereocenters. The van der Waals surface area contributed by atoms with Crippen LogP contribution in [-0.2, 0) is 13.0 Å². The topological polar surface area (TPSA) is 29.3 Å². The standard InChI is InChI=1S/C12H17N3/c1-4-12-14-9(2)11-7-5-6-10(8-13-3)15(11)12/h5-7,13H,4,8H2,1-3H3. The van der Waals surface area contributed by atoms with Crippen LogP contribution in [0.1, 0.15) is 24.1 Å². The minimum absolute atomic E-state index is 0.875. The van der Waals surface area contributed by atoms with E-state index < -0.39 is 0 Å². The lowest BCUT2D eigenvalue weighted by Crippen LogP contribution is -2.10. The van der Waals surface area contributed by atoms with E-state index in [0.29, 0.717) is 0 Å². The van der Waals surface area contributed by atoms with E-state index in [1.807, 2.05) is 7.05 Å². The van der Waals surface area contributed by atoms with E-state index in [-0.39, 0.29) is 0 Å². The second kappa shape index (κ2) is 4.03. The number of nitrogens with one attached hydrogen (secondary N) is 1. The fraction of sp³-hybridized carbons (Fsp3) is 0.417. The van der Waals surface area contributed by atoms with Crippen LogP contribution in [-0.4, -0.2) is 16.4 Å². The Morgan fingerprint density at radius 2 is 2.20 bits per heavy atom. The van der Waals surface area contributed by atoms with Gasteiger partial charge in [0, 0.05) is 18.7 Å². The molecule has 0 aliphatic heterocycles. The molecule has 80 valence electrons. The molecular weight excluding hydrogens is 186 g/mol. The summed E-state index contributed by atoms with van der Waals surface area (Å²) >= 11 is 0. The Hall–Kier alpha value is -1.35. The number of rotatable bonds is 3. The summed E-state index contributed by atoms with van der Waals surface area (Å²) in [5, 5.41) is 3.19. The molecule has 0 saturated carbocycles. The van der Waals surface area contributed by atoms with Crippen LogP contribution in [0.5, 0.6) is 0 Å². The Kier molecular flexibility index (Phi) is 2.73. The third-order valence-corrected chi connectivity index (χ3v) is 2.67. The lowest BCUT2D eigenvalue weighted by atomic mass is 10.3. The highest BCUT2D eigenvalue weighted by molar-refractivity contribution is 5.53. The minimum atomic E-state index is 0.875. The van der Waals surface area contributed by atoms with Crippen molar-refractivity contribution in [2.45, 2.75) is 26.8 Å². The maximum atomic E-state index is 4.59. The van der Waals surface area contributed by atoms with Gasteiger partial charge in [0.25, 0.3) is 0 Å². The van der Waals surface area contributed by atoms with E-state index in [0.717, 1.165) is 24.5 Å². The van der Waals surface area contributed by atoms with Crippen LogP contribution in [0.3, 0.4) is 0 Å². The fourth-order valence-corrected chi connectivity index (χ4v) is 2.00. The van der Waals surface area contributed by atoms with Gasteiger partial charge in [-0.1, -0.05) is 13.0 Å². The first-order valence-corrected chi connectivity index (χ1v) is 5.38. The summed E-state index contributed by atoms with van der Waals surface area (Å²) < 4.78 is 2.26. The van der Waals surface area contributed by atoms with Crippen molar-refractivity contribution < 1.29 is 0 Å². The lowest BCUT2D eigenvalue weighted by molar-refractivity contribution is 0.760. The summed E-state index contributed by atoms with van der Waals surface area (Å²) in [5.74, 6) is 1.15. The number of aryl methyl sites for hydroxylation is 2. The molecule has 0 saturated heterocycles. The molecular formula is C12H17N3. The predicted octanol–water partition coefficient (Wildman–Crippen LogP) is 1.92. The minimum Gasteiger partial charge on any atom is -0.314 e. The van der Waals surface area contributed by atoms with E-state index in [2.05, 4.69) is 46.7 Å². The third kappa shape index (κ3) is 1.63. The van der Waals surface area contributed by atoms with E-state index >= 15 is 0 Å². The van der Waals surface area contributed by atoms with Crippen molar-refractivity contribution in [3.8, 4) is 0 Å². The number of nitrogens with zero attached hydrogens (tertiary/aromatic N) is 2. The summed E-state index contributed by atoms with van der Waals surface area (Å²) in [6.45, 7) is 5.09. The van der Waals surface area contributed by atoms with Crippen molar-refractivity contribution >= 4 is 5.52 Å². The van der Waals surface area contributed by atoms with Crippen LogP contribution in [0.2, 0.25) is 0 Å². The van der Waals surface area contributed by atoms with Gasteiger partial charge in [-0.2, -0.15) is 0 Å². The van der Waals surface area contributed by atoms with Gasteiger partial charge in [0.05, 0.1) is 11.2 Å². The van der Waals surface area contributed by atoms with Gasteiger partial charge < -0.3 is 5.32 Å². The SMILES string of the molecule is CCc1nc(C)c2cccc(CNC)n12. The Labute approximate surface area is 90.1 Å². The smallest absolute Gasteiger partial charge is 0.113 e. The molecule has 0 radical (unpaired) electrons. The van der Waals surface area contributed by atoms with Crippen LogP contribution in [0.25, 0.3) is 5.52 Å². The largest absolute Gasteiger partial charge is 0.314 e. The van der Waals surface area contributed by atoms with Gasteiger partial charge in [0.2, 0.25) is 0 Å². The molecule has 1 N–H and O–H groups in total. The zero-order chi connectivity index (χ0) is 10.8. The van der Waals surface area contributed by atoms with Crippen LogP contribution in [0.15, 0.2) is 18.2 Å². The monoisotopic (exact) mass is 203 g/mol. The summed E-state index contributed by atoms with van der Waals surface area (Å²) in [7, 11) is 1.97. The van der Waals surface area contributed by atoms with Gasteiger partial charge in [-0.3, -0.25) is 4.40 Å². The number of hydrogen-bond acceptors (Lipinski definition) is 2. The molecule has 3 heteroatoms. The lowest BCUT2D eigenvalue weighted by Gasteiger charge is -2.07. The van der Waals surface area contributed by atoms with Gasteiger partial charge in [0.15, 0.2) is 0 Å². The van der Waals surface area contributed by atoms with Crippen LogP contribution >= 0.6 is 0 Å². The first kappa shape index (κ1) is 10.2. The molecule has 2 aromatic heterocycles. The Balaban J connectivity index is 2.70. The molecule has 0 fully saturated rings. The molecule has 15 heavy (non-hydrogen) atoms. The first-order valence-electron chi connectivity index (χ1n) is 5.38. The average molecular weight is 203 g/mol. The molecule has 3 nitrogen and oxygen atoms in total. The van der Waals surface area contributed by atoms with E-state index in [9.17, 15) is 0 Å². The zero-order valence-corrected chi connectivity index (χ0v) is 9.54. The molecule has 0 aliphatic carbocycles. The second-order valence-electron chi connectivity index (χ2n) is 3.74. The normalized spacial score (nSPS) is 11.1. The Morgan fingerprint density at radius 3 is 2.87 bits per heavy atom. The van der Waals surface area contributed by atoms with Crippen LogP contribution in [0.4, 0.5) is 0 Å². The predicted molar refractivity (Wildman–Crippen MR) is 62.1 cm³/mol. The molecule has 2 aromatic rings. The zero-order valence-electron chi connectivity index (χ0n) is 9.54. The highest BCUT2D eigenvalue weighted by Gasteiger charge is 2.08. The molecule has 0 amide bonds. The van der Waals surface area contributed by atoms with Gasteiger partial charge in [-0.05, 0) is 26.1 Å². The van der Waals surface area contributed by atoms with Gasteiger partial charge >= 0.3 is 0 Å². The van der Waals surface area contributed by atoms with E-state index in [1.165, 1.54) is 11.2 Å². The van der Waals surface area contributed by atoms with Crippen molar-refractivity contribution in [1.29, 1.82) is 0 Å². The molecule has 0 aromatic carbocycles. The van der Waals surface area contributed by atoms with Gasteiger partial charge in [-0.25, -0.2) is 4.98 Å². The molecule has 0 unspecified atom stereocenters. The summed E-state index contributed by atoms with van der Waals surface area (Å²) in [6.07, 6.45) is 0.968. The highest BCUT2D eigenvalue weighted by Crippen LogP contribution is 2.15. The molecule has 0 aliphatic rings.